The molecule has 3 amide bonds. The second kappa shape index (κ2) is 4.08. The molecule has 1 aliphatic rings. The van der Waals surface area contributed by atoms with E-state index in [9.17, 15) is 14.0 Å². The molecule has 4 nitrogen and oxygen atoms in total. The number of urea groups is 1. The van der Waals surface area contributed by atoms with Crippen molar-refractivity contribution in [3.63, 3.8) is 0 Å². The number of hydrogen-bond acceptors (Lipinski definition) is 2. The monoisotopic (exact) mass is 250 g/mol. The van der Waals surface area contributed by atoms with E-state index < -0.39 is 11.6 Å². The van der Waals surface area contributed by atoms with Crippen LogP contribution in [0, 0.1) is 12.7 Å². The molecule has 18 heavy (non-hydrogen) atoms. The van der Waals surface area contributed by atoms with Gasteiger partial charge in [0.1, 0.15) is 11.4 Å². The van der Waals surface area contributed by atoms with Gasteiger partial charge in [0.15, 0.2) is 0 Å². The quantitative estimate of drug-likeness (QED) is 0.816. The first-order chi connectivity index (χ1) is 8.32. The standard InChI is InChI=1S/C13H15FN2O2/c1-8-4-5-10(14)6-9(8)7-16-12(18)15-11(17)13(16,2)3/h4-6H,7H2,1-3H3,(H,15,17,18). The predicted molar refractivity (Wildman–Crippen MR) is 64.3 cm³/mol. The first kappa shape index (κ1) is 12.5. The van der Waals surface area contributed by atoms with Gasteiger partial charge in [-0.2, -0.15) is 0 Å². The van der Waals surface area contributed by atoms with Crippen LogP contribution < -0.4 is 5.32 Å². The minimum Gasteiger partial charge on any atom is -0.306 e. The molecule has 0 aromatic heterocycles. The van der Waals surface area contributed by atoms with Crippen molar-refractivity contribution in [3.8, 4) is 0 Å². The zero-order chi connectivity index (χ0) is 13.5. The Hall–Kier alpha value is -1.91. The van der Waals surface area contributed by atoms with E-state index in [2.05, 4.69) is 5.32 Å². The molecule has 1 fully saturated rings. The highest BCUT2D eigenvalue weighted by molar-refractivity contribution is 6.06. The highest BCUT2D eigenvalue weighted by atomic mass is 19.1. The van der Waals surface area contributed by atoms with Crippen molar-refractivity contribution in [1.29, 1.82) is 0 Å². The number of nitrogens with one attached hydrogen (secondary N) is 1. The van der Waals surface area contributed by atoms with Crippen molar-refractivity contribution in [1.82, 2.24) is 10.2 Å². The zero-order valence-corrected chi connectivity index (χ0v) is 10.6. The molecule has 0 aliphatic carbocycles. The number of benzene rings is 1. The smallest absolute Gasteiger partial charge is 0.306 e. The normalized spacial score (nSPS) is 18.1. The van der Waals surface area contributed by atoms with Gasteiger partial charge < -0.3 is 4.90 Å². The summed E-state index contributed by atoms with van der Waals surface area (Å²) in [7, 11) is 0. The van der Waals surface area contributed by atoms with Crippen LogP contribution in [0.2, 0.25) is 0 Å². The topological polar surface area (TPSA) is 49.4 Å². The lowest BCUT2D eigenvalue weighted by Crippen LogP contribution is -2.43. The Labute approximate surface area is 105 Å². The molecule has 1 aromatic rings. The van der Waals surface area contributed by atoms with Crippen LogP contribution in [0.3, 0.4) is 0 Å². The van der Waals surface area contributed by atoms with E-state index in [1.807, 2.05) is 6.92 Å². The summed E-state index contributed by atoms with van der Waals surface area (Å²) in [6.45, 7) is 5.40. The van der Waals surface area contributed by atoms with E-state index in [1.54, 1.807) is 19.9 Å². The molecule has 1 aliphatic heterocycles. The molecule has 5 heteroatoms. The molecular formula is C13H15FN2O2. The molecule has 0 spiro atoms. The fourth-order valence-corrected chi connectivity index (χ4v) is 1.94. The Morgan fingerprint density at radius 3 is 2.56 bits per heavy atom. The van der Waals surface area contributed by atoms with Crippen molar-refractivity contribution in [2.75, 3.05) is 0 Å². The highest BCUT2D eigenvalue weighted by Crippen LogP contribution is 2.24. The molecule has 0 saturated carbocycles. The van der Waals surface area contributed by atoms with Crippen LogP contribution in [0.1, 0.15) is 25.0 Å². The summed E-state index contributed by atoms with van der Waals surface area (Å²) in [6.07, 6.45) is 0. The van der Waals surface area contributed by atoms with Gasteiger partial charge in [-0.3, -0.25) is 10.1 Å². The van der Waals surface area contributed by atoms with Crippen molar-refractivity contribution in [2.24, 2.45) is 0 Å². The van der Waals surface area contributed by atoms with E-state index in [4.69, 9.17) is 0 Å². The molecule has 2 rings (SSSR count). The minimum atomic E-state index is -0.907. The van der Waals surface area contributed by atoms with Crippen LogP contribution >= 0.6 is 0 Å². The molecule has 96 valence electrons. The fourth-order valence-electron chi connectivity index (χ4n) is 1.94. The van der Waals surface area contributed by atoms with Gasteiger partial charge in [0.25, 0.3) is 5.91 Å². The molecule has 1 aromatic carbocycles. The molecule has 0 radical (unpaired) electrons. The number of aryl methyl sites for hydroxylation is 1. The average molecular weight is 250 g/mol. The number of carbonyl (C=O) groups is 2. The Morgan fingerprint density at radius 2 is 2.00 bits per heavy atom. The van der Waals surface area contributed by atoms with Crippen molar-refractivity contribution < 1.29 is 14.0 Å². The third-order valence-corrected chi connectivity index (χ3v) is 3.34. The summed E-state index contributed by atoms with van der Waals surface area (Å²) in [5, 5.41) is 2.27. The molecule has 1 saturated heterocycles. The maximum atomic E-state index is 13.2. The Kier molecular flexibility index (Phi) is 2.84. The van der Waals surface area contributed by atoms with Crippen molar-refractivity contribution in [3.05, 3.63) is 35.1 Å². The van der Waals surface area contributed by atoms with Gasteiger partial charge in [-0.1, -0.05) is 6.07 Å². The number of rotatable bonds is 2. The summed E-state index contributed by atoms with van der Waals surface area (Å²) in [5.74, 6) is -0.680. The number of carbonyl (C=O) groups excluding carboxylic acids is 2. The Bertz CT molecular complexity index is 526. The molecular weight excluding hydrogens is 235 g/mol. The van der Waals surface area contributed by atoms with Crippen LogP contribution in [0.25, 0.3) is 0 Å². The average Bonchev–Trinajstić information content (AvgIpc) is 2.46. The van der Waals surface area contributed by atoms with Crippen LogP contribution in [0.5, 0.6) is 0 Å². The van der Waals surface area contributed by atoms with Gasteiger partial charge in [-0.15, -0.1) is 0 Å². The zero-order valence-electron chi connectivity index (χ0n) is 10.6. The van der Waals surface area contributed by atoms with E-state index in [1.165, 1.54) is 17.0 Å². The molecule has 0 bridgehead atoms. The van der Waals surface area contributed by atoms with Gasteiger partial charge in [0.2, 0.25) is 0 Å². The maximum Gasteiger partial charge on any atom is 0.325 e. The van der Waals surface area contributed by atoms with E-state index in [0.29, 0.717) is 5.56 Å². The van der Waals surface area contributed by atoms with Gasteiger partial charge in [-0.05, 0) is 44.0 Å². The van der Waals surface area contributed by atoms with Crippen molar-refractivity contribution >= 4 is 11.9 Å². The number of imide groups is 1. The lowest BCUT2D eigenvalue weighted by atomic mass is 10.0. The summed E-state index contributed by atoms with van der Waals surface area (Å²) in [4.78, 5) is 24.7. The lowest BCUT2D eigenvalue weighted by Gasteiger charge is -2.28. The highest BCUT2D eigenvalue weighted by Gasteiger charge is 2.45. The summed E-state index contributed by atoms with van der Waals surface area (Å²) < 4.78 is 13.2. The van der Waals surface area contributed by atoms with Gasteiger partial charge >= 0.3 is 6.03 Å². The minimum absolute atomic E-state index is 0.216. The second-order valence-corrected chi connectivity index (χ2v) is 4.98. The number of nitrogens with zero attached hydrogens (tertiary/aromatic N) is 1. The molecule has 0 atom stereocenters. The summed E-state index contributed by atoms with van der Waals surface area (Å²) in [6, 6.07) is 3.99. The summed E-state index contributed by atoms with van der Waals surface area (Å²) >= 11 is 0. The third-order valence-electron chi connectivity index (χ3n) is 3.34. The number of amides is 3. The summed E-state index contributed by atoms with van der Waals surface area (Å²) in [5.41, 5.74) is 0.683. The first-order valence-electron chi connectivity index (χ1n) is 5.70. The Morgan fingerprint density at radius 1 is 1.33 bits per heavy atom. The van der Waals surface area contributed by atoms with Crippen LogP contribution in [0.15, 0.2) is 18.2 Å². The number of halogens is 1. The van der Waals surface area contributed by atoms with Gasteiger partial charge in [0.05, 0.1) is 0 Å². The van der Waals surface area contributed by atoms with Gasteiger partial charge in [-0.25, -0.2) is 9.18 Å². The maximum absolute atomic E-state index is 13.2. The fraction of sp³-hybridized carbons (Fsp3) is 0.385. The van der Waals surface area contributed by atoms with E-state index in [-0.39, 0.29) is 18.3 Å². The van der Waals surface area contributed by atoms with Crippen LogP contribution in [-0.4, -0.2) is 22.4 Å². The first-order valence-corrected chi connectivity index (χ1v) is 5.70. The third kappa shape index (κ3) is 1.96. The SMILES string of the molecule is Cc1ccc(F)cc1CN1C(=O)NC(=O)C1(C)C. The predicted octanol–water partition coefficient (Wildman–Crippen LogP) is 1.96. The van der Waals surface area contributed by atoms with Crippen molar-refractivity contribution in [2.45, 2.75) is 32.9 Å². The molecule has 1 heterocycles. The lowest BCUT2D eigenvalue weighted by molar-refractivity contribution is -0.125. The largest absolute Gasteiger partial charge is 0.325 e. The number of hydrogen-bond donors (Lipinski definition) is 1. The molecule has 0 unspecified atom stereocenters. The van der Waals surface area contributed by atoms with Gasteiger partial charge in [0, 0.05) is 6.54 Å². The van der Waals surface area contributed by atoms with Crippen LogP contribution in [-0.2, 0) is 11.3 Å². The van der Waals surface area contributed by atoms with E-state index >= 15 is 0 Å². The van der Waals surface area contributed by atoms with Crippen LogP contribution in [0.4, 0.5) is 9.18 Å². The second-order valence-electron chi connectivity index (χ2n) is 4.98. The Balaban J connectivity index is 2.31. The molecule has 1 N–H and O–H groups in total. The van der Waals surface area contributed by atoms with E-state index in [0.717, 1.165) is 5.56 Å².